The highest BCUT2D eigenvalue weighted by molar-refractivity contribution is 5.80. The van der Waals surface area contributed by atoms with Crippen molar-refractivity contribution in [1.82, 2.24) is 4.90 Å². The molecule has 3 atom stereocenters. The fraction of sp³-hybridized carbons (Fsp3) is 0.917. The highest BCUT2D eigenvalue weighted by Gasteiger charge is 2.34. The SMILES string of the molecule is CCN(CC1CCCO1)C(=O)C1COCC1N. The molecule has 0 spiro atoms. The lowest BCUT2D eigenvalue weighted by molar-refractivity contribution is -0.137. The van der Waals surface area contributed by atoms with Crippen LogP contribution in [0.5, 0.6) is 0 Å². The molecule has 2 aliphatic rings. The van der Waals surface area contributed by atoms with Crippen molar-refractivity contribution >= 4 is 5.91 Å². The second kappa shape index (κ2) is 5.80. The van der Waals surface area contributed by atoms with E-state index in [2.05, 4.69) is 0 Å². The fourth-order valence-electron chi connectivity index (χ4n) is 2.47. The molecule has 2 N–H and O–H groups in total. The van der Waals surface area contributed by atoms with E-state index in [1.54, 1.807) is 0 Å². The van der Waals surface area contributed by atoms with Crippen LogP contribution in [0.2, 0.25) is 0 Å². The first-order chi connectivity index (χ1) is 8.22. The lowest BCUT2D eigenvalue weighted by Crippen LogP contribution is -2.46. The third kappa shape index (κ3) is 2.97. The van der Waals surface area contributed by atoms with E-state index in [9.17, 15) is 4.79 Å². The number of hydrogen-bond donors (Lipinski definition) is 1. The third-order valence-electron chi connectivity index (χ3n) is 3.58. The summed E-state index contributed by atoms with van der Waals surface area (Å²) in [5.74, 6) is -0.0515. The average molecular weight is 242 g/mol. The Morgan fingerprint density at radius 3 is 2.82 bits per heavy atom. The van der Waals surface area contributed by atoms with Crippen LogP contribution < -0.4 is 5.73 Å². The van der Waals surface area contributed by atoms with Crippen molar-refractivity contribution in [2.45, 2.75) is 31.9 Å². The van der Waals surface area contributed by atoms with Crippen LogP contribution in [0.25, 0.3) is 0 Å². The van der Waals surface area contributed by atoms with Gasteiger partial charge in [-0.25, -0.2) is 0 Å². The summed E-state index contributed by atoms with van der Waals surface area (Å²) < 4.78 is 10.8. The summed E-state index contributed by atoms with van der Waals surface area (Å²) in [5, 5.41) is 0. The Kier molecular flexibility index (Phi) is 4.36. The van der Waals surface area contributed by atoms with Crippen LogP contribution in [0.4, 0.5) is 0 Å². The molecule has 2 saturated heterocycles. The molecule has 17 heavy (non-hydrogen) atoms. The van der Waals surface area contributed by atoms with Gasteiger partial charge in [0.2, 0.25) is 5.91 Å². The summed E-state index contributed by atoms with van der Waals surface area (Å²) >= 11 is 0. The zero-order valence-corrected chi connectivity index (χ0v) is 10.4. The molecule has 5 heteroatoms. The highest BCUT2D eigenvalue weighted by atomic mass is 16.5. The molecule has 0 aromatic carbocycles. The van der Waals surface area contributed by atoms with Gasteiger partial charge >= 0.3 is 0 Å². The van der Waals surface area contributed by atoms with Gasteiger partial charge in [0.1, 0.15) is 0 Å². The molecule has 98 valence electrons. The predicted octanol–water partition coefficient (Wildman–Crippen LogP) is -0.0124. The topological polar surface area (TPSA) is 64.8 Å². The number of carbonyl (C=O) groups excluding carboxylic acids is 1. The summed E-state index contributed by atoms with van der Waals surface area (Å²) in [6.45, 7) is 5.17. The van der Waals surface area contributed by atoms with Gasteiger partial charge in [-0.05, 0) is 19.8 Å². The molecule has 0 radical (unpaired) electrons. The van der Waals surface area contributed by atoms with E-state index < -0.39 is 0 Å². The largest absolute Gasteiger partial charge is 0.379 e. The summed E-state index contributed by atoms with van der Waals surface area (Å²) in [4.78, 5) is 14.1. The number of nitrogens with two attached hydrogens (primary N) is 1. The van der Waals surface area contributed by atoms with E-state index in [4.69, 9.17) is 15.2 Å². The lowest BCUT2D eigenvalue weighted by Gasteiger charge is -2.27. The van der Waals surface area contributed by atoms with Crippen LogP contribution in [-0.2, 0) is 14.3 Å². The maximum atomic E-state index is 12.3. The van der Waals surface area contributed by atoms with Crippen LogP contribution in [0.15, 0.2) is 0 Å². The highest BCUT2D eigenvalue weighted by Crippen LogP contribution is 2.18. The number of likely N-dealkylation sites (N-methyl/N-ethyl adjacent to an activating group) is 1. The van der Waals surface area contributed by atoms with Gasteiger partial charge in [-0.1, -0.05) is 0 Å². The first kappa shape index (κ1) is 12.8. The van der Waals surface area contributed by atoms with Crippen molar-refractivity contribution in [3.05, 3.63) is 0 Å². The Balaban J connectivity index is 1.89. The first-order valence-corrected chi connectivity index (χ1v) is 6.46. The summed E-state index contributed by atoms with van der Waals surface area (Å²) in [5.41, 5.74) is 5.88. The van der Waals surface area contributed by atoms with E-state index in [1.807, 2.05) is 11.8 Å². The number of hydrogen-bond acceptors (Lipinski definition) is 4. The Bertz CT molecular complexity index is 266. The summed E-state index contributed by atoms with van der Waals surface area (Å²) in [7, 11) is 0. The van der Waals surface area contributed by atoms with E-state index in [0.717, 1.165) is 19.4 Å². The normalized spacial score (nSPS) is 32.9. The first-order valence-electron chi connectivity index (χ1n) is 6.46. The number of rotatable bonds is 4. The Labute approximate surface area is 102 Å². The Morgan fingerprint density at radius 1 is 1.47 bits per heavy atom. The fourth-order valence-corrected chi connectivity index (χ4v) is 2.47. The maximum Gasteiger partial charge on any atom is 0.229 e. The van der Waals surface area contributed by atoms with E-state index in [-0.39, 0.29) is 24.0 Å². The van der Waals surface area contributed by atoms with Crippen LogP contribution >= 0.6 is 0 Å². The van der Waals surface area contributed by atoms with Crippen LogP contribution in [-0.4, -0.2) is 55.9 Å². The Hall–Kier alpha value is -0.650. The van der Waals surface area contributed by atoms with Crippen molar-refractivity contribution in [1.29, 1.82) is 0 Å². The molecule has 2 fully saturated rings. The molecule has 0 aliphatic carbocycles. The molecule has 0 saturated carbocycles. The maximum absolute atomic E-state index is 12.3. The molecule has 2 rings (SSSR count). The van der Waals surface area contributed by atoms with Gasteiger partial charge in [-0.15, -0.1) is 0 Å². The molecule has 0 aromatic rings. The van der Waals surface area contributed by atoms with Gasteiger partial charge < -0.3 is 20.1 Å². The summed E-state index contributed by atoms with van der Waals surface area (Å²) in [6, 6.07) is -0.152. The second-order valence-corrected chi connectivity index (χ2v) is 4.82. The van der Waals surface area contributed by atoms with Gasteiger partial charge in [-0.2, -0.15) is 0 Å². The molecule has 0 bridgehead atoms. The van der Waals surface area contributed by atoms with E-state index in [0.29, 0.717) is 26.3 Å². The number of carbonyl (C=O) groups is 1. The third-order valence-corrected chi connectivity index (χ3v) is 3.58. The zero-order chi connectivity index (χ0) is 12.3. The monoisotopic (exact) mass is 242 g/mol. The molecule has 0 aromatic heterocycles. The van der Waals surface area contributed by atoms with Crippen molar-refractivity contribution in [2.75, 3.05) is 32.9 Å². The minimum atomic E-state index is -0.170. The number of nitrogens with zero attached hydrogens (tertiary/aromatic N) is 1. The second-order valence-electron chi connectivity index (χ2n) is 4.82. The van der Waals surface area contributed by atoms with Gasteiger partial charge in [0.15, 0.2) is 0 Å². The lowest BCUT2D eigenvalue weighted by atomic mass is 10.0. The molecular weight excluding hydrogens is 220 g/mol. The van der Waals surface area contributed by atoms with Crippen LogP contribution in [0.1, 0.15) is 19.8 Å². The van der Waals surface area contributed by atoms with Crippen molar-refractivity contribution in [2.24, 2.45) is 11.7 Å². The smallest absolute Gasteiger partial charge is 0.229 e. The minimum absolute atomic E-state index is 0.119. The molecule has 5 nitrogen and oxygen atoms in total. The standard InChI is InChI=1S/C12H22N2O3/c1-2-14(6-9-4-3-5-17-9)12(15)10-7-16-8-11(10)13/h9-11H,2-8,13H2,1H3. The molecule has 1 amide bonds. The average Bonchev–Trinajstić information content (AvgIpc) is 2.96. The van der Waals surface area contributed by atoms with Crippen LogP contribution in [0.3, 0.4) is 0 Å². The molecular formula is C12H22N2O3. The number of amides is 1. The van der Waals surface area contributed by atoms with Crippen molar-refractivity contribution in [3.63, 3.8) is 0 Å². The van der Waals surface area contributed by atoms with E-state index >= 15 is 0 Å². The van der Waals surface area contributed by atoms with E-state index in [1.165, 1.54) is 0 Å². The zero-order valence-electron chi connectivity index (χ0n) is 10.4. The predicted molar refractivity (Wildman–Crippen MR) is 63.5 cm³/mol. The minimum Gasteiger partial charge on any atom is -0.379 e. The quantitative estimate of drug-likeness (QED) is 0.753. The van der Waals surface area contributed by atoms with Gasteiger partial charge in [-0.3, -0.25) is 4.79 Å². The van der Waals surface area contributed by atoms with Gasteiger partial charge in [0.25, 0.3) is 0 Å². The number of ether oxygens (including phenoxy) is 2. The molecule has 2 aliphatic heterocycles. The summed E-state index contributed by atoms with van der Waals surface area (Å²) in [6.07, 6.45) is 2.36. The molecule has 2 heterocycles. The van der Waals surface area contributed by atoms with Crippen molar-refractivity contribution < 1.29 is 14.3 Å². The molecule has 3 unspecified atom stereocenters. The Morgan fingerprint density at radius 2 is 2.29 bits per heavy atom. The van der Waals surface area contributed by atoms with Gasteiger partial charge in [0, 0.05) is 25.7 Å². The van der Waals surface area contributed by atoms with Gasteiger partial charge in [0.05, 0.1) is 25.2 Å². The van der Waals surface area contributed by atoms with Crippen molar-refractivity contribution in [3.8, 4) is 0 Å². The van der Waals surface area contributed by atoms with Crippen LogP contribution in [0, 0.1) is 5.92 Å².